The van der Waals surface area contributed by atoms with E-state index in [0.29, 0.717) is 11.3 Å². The zero-order valence-electron chi connectivity index (χ0n) is 16.8. The molecule has 1 N–H and O–H groups in total. The molecule has 4 aromatic rings. The van der Waals surface area contributed by atoms with Gasteiger partial charge in [-0.25, -0.2) is 0 Å². The van der Waals surface area contributed by atoms with Crippen LogP contribution < -0.4 is 4.90 Å². The van der Waals surface area contributed by atoms with Crippen molar-refractivity contribution in [3.8, 4) is 11.3 Å². The van der Waals surface area contributed by atoms with E-state index < -0.39 is 0 Å². The number of aromatic nitrogens is 1. The van der Waals surface area contributed by atoms with Gasteiger partial charge in [0.15, 0.2) is 5.76 Å². The molecule has 1 saturated heterocycles. The van der Waals surface area contributed by atoms with E-state index in [4.69, 9.17) is 4.52 Å². The van der Waals surface area contributed by atoms with Crippen LogP contribution in [-0.4, -0.2) is 42.1 Å². The van der Waals surface area contributed by atoms with Crippen LogP contribution in [0.5, 0.6) is 0 Å². The standard InChI is InChI=1S/C25H23N3O2/c29-25(28-15-13-27(14-16-28)18-19-7-3-1-4-8-19)21-11-12-23-22(17-21)24(30-26-23)20-9-5-2-6-10-20/h1-12,17H,13-16,18H2/p+1. The molecular weight excluding hydrogens is 374 g/mol. The number of carbonyl (C=O) groups is 1. The summed E-state index contributed by atoms with van der Waals surface area (Å²) in [6, 6.07) is 26.1. The highest BCUT2D eigenvalue weighted by atomic mass is 16.5. The molecule has 1 fully saturated rings. The molecule has 2 heterocycles. The van der Waals surface area contributed by atoms with E-state index in [1.54, 1.807) is 0 Å². The van der Waals surface area contributed by atoms with Crippen LogP contribution in [0.1, 0.15) is 15.9 Å². The number of rotatable bonds is 4. The van der Waals surface area contributed by atoms with Crippen LogP contribution in [0.3, 0.4) is 0 Å². The summed E-state index contributed by atoms with van der Waals surface area (Å²) in [5, 5.41) is 5.03. The Labute approximate surface area is 175 Å². The van der Waals surface area contributed by atoms with Crippen LogP contribution in [0.25, 0.3) is 22.2 Å². The number of amides is 1. The average molecular weight is 398 g/mol. The summed E-state index contributed by atoms with van der Waals surface area (Å²) in [7, 11) is 0. The Bertz CT molecular complexity index is 1150. The first kappa shape index (κ1) is 18.6. The lowest BCUT2D eigenvalue weighted by molar-refractivity contribution is -0.917. The van der Waals surface area contributed by atoms with Gasteiger partial charge in [-0.1, -0.05) is 65.8 Å². The third kappa shape index (κ3) is 3.72. The quantitative estimate of drug-likeness (QED) is 0.575. The molecule has 30 heavy (non-hydrogen) atoms. The summed E-state index contributed by atoms with van der Waals surface area (Å²) < 4.78 is 5.57. The van der Waals surface area contributed by atoms with Crippen LogP contribution in [0.15, 0.2) is 83.4 Å². The summed E-state index contributed by atoms with van der Waals surface area (Å²) in [4.78, 5) is 16.6. The normalized spacial score (nSPS) is 14.9. The molecule has 1 aliphatic rings. The van der Waals surface area contributed by atoms with E-state index in [2.05, 4.69) is 29.4 Å². The van der Waals surface area contributed by atoms with Crippen molar-refractivity contribution in [2.45, 2.75) is 6.54 Å². The topological polar surface area (TPSA) is 50.8 Å². The van der Waals surface area contributed by atoms with E-state index in [9.17, 15) is 4.79 Å². The summed E-state index contributed by atoms with van der Waals surface area (Å²) in [6.07, 6.45) is 0. The van der Waals surface area contributed by atoms with Gasteiger partial charge in [-0.15, -0.1) is 0 Å². The predicted molar refractivity (Wildman–Crippen MR) is 116 cm³/mol. The number of nitrogens with one attached hydrogen (secondary N) is 1. The summed E-state index contributed by atoms with van der Waals surface area (Å²) in [6.45, 7) is 4.48. The lowest BCUT2D eigenvalue weighted by atomic mass is 10.1. The molecule has 1 amide bonds. The molecule has 0 saturated carbocycles. The minimum Gasteiger partial charge on any atom is -0.355 e. The molecule has 1 aromatic heterocycles. The first-order valence-electron chi connectivity index (χ1n) is 10.4. The molecular formula is C25H24N3O2+. The highest BCUT2D eigenvalue weighted by Gasteiger charge is 2.25. The van der Waals surface area contributed by atoms with Crippen LogP contribution >= 0.6 is 0 Å². The van der Waals surface area contributed by atoms with Crippen molar-refractivity contribution in [2.24, 2.45) is 0 Å². The number of benzene rings is 3. The molecule has 5 nitrogen and oxygen atoms in total. The molecule has 0 atom stereocenters. The molecule has 0 aliphatic carbocycles. The van der Waals surface area contributed by atoms with Gasteiger partial charge in [-0.2, -0.15) is 0 Å². The van der Waals surface area contributed by atoms with Crippen molar-refractivity contribution in [3.63, 3.8) is 0 Å². The maximum absolute atomic E-state index is 13.1. The molecule has 0 radical (unpaired) electrons. The van der Waals surface area contributed by atoms with Gasteiger partial charge in [0, 0.05) is 16.7 Å². The molecule has 0 bridgehead atoms. The van der Waals surface area contributed by atoms with Crippen molar-refractivity contribution in [3.05, 3.63) is 90.0 Å². The number of piperazine rings is 1. The molecule has 5 rings (SSSR count). The fourth-order valence-corrected chi connectivity index (χ4v) is 4.14. The first-order valence-corrected chi connectivity index (χ1v) is 10.4. The highest BCUT2D eigenvalue weighted by molar-refractivity contribution is 6.01. The minimum atomic E-state index is 0.0795. The first-order chi connectivity index (χ1) is 14.8. The number of quaternary nitrogens is 1. The van der Waals surface area contributed by atoms with Gasteiger partial charge >= 0.3 is 0 Å². The molecule has 0 unspecified atom stereocenters. The van der Waals surface area contributed by atoms with Gasteiger partial charge in [0.25, 0.3) is 5.91 Å². The molecule has 150 valence electrons. The SMILES string of the molecule is O=C(c1ccc2noc(-c3ccccc3)c2c1)N1CC[NH+](Cc2ccccc2)CC1. The summed E-state index contributed by atoms with van der Waals surface area (Å²) >= 11 is 0. The summed E-state index contributed by atoms with van der Waals surface area (Å²) in [5.74, 6) is 0.785. The summed E-state index contributed by atoms with van der Waals surface area (Å²) in [5.41, 5.74) is 3.76. The Kier molecular flexibility index (Phi) is 5.03. The second-order valence-corrected chi connectivity index (χ2v) is 7.81. The third-order valence-corrected chi connectivity index (χ3v) is 5.81. The van der Waals surface area contributed by atoms with E-state index in [1.165, 1.54) is 10.5 Å². The second kappa shape index (κ2) is 8.13. The maximum atomic E-state index is 13.1. The largest absolute Gasteiger partial charge is 0.355 e. The van der Waals surface area contributed by atoms with E-state index >= 15 is 0 Å². The lowest BCUT2D eigenvalue weighted by Gasteiger charge is -2.32. The van der Waals surface area contributed by atoms with Gasteiger partial charge in [0.2, 0.25) is 0 Å². The van der Waals surface area contributed by atoms with Crippen molar-refractivity contribution >= 4 is 16.8 Å². The van der Waals surface area contributed by atoms with Crippen molar-refractivity contribution in [1.29, 1.82) is 0 Å². The molecule has 5 heteroatoms. The Hall–Kier alpha value is -3.44. The minimum absolute atomic E-state index is 0.0795. The number of nitrogens with zero attached hydrogens (tertiary/aromatic N) is 2. The second-order valence-electron chi connectivity index (χ2n) is 7.81. The number of fused-ring (bicyclic) bond motifs is 1. The highest BCUT2D eigenvalue weighted by Crippen LogP contribution is 2.29. The number of hydrogen-bond acceptors (Lipinski definition) is 3. The molecule has 0 spiro atoms. The monoisotopic (exact) mass is 398 g/mol. The maximum Gasteiger partial charge on any atom is 0.254 e. The zero-order valence-corrected chi connectivity index (χ0v) is 16.8. The number of hydrogen-bond donors (Lipinski definition) is 1. The lowest BCUT2D eigenvalue weighted by Crippen LogP contribution is -3.13. The number of carbonyl (C=O) groups excluding carboxylic acids is 1. The van der Waals surface area contributed by atoms with Crippen LogP contribution in [0.4, 0.5) is 0 Å². The Morgan fingerprint density at radius 3 is 2.37 bits per heavy atom. The Morgan fingerprint density at radius 2 is 1.63 bits per heavy atom. The van der Waals surface area contributed by atoms with E-state index in [0.717, 1.165) is 49.2 Å². The van der Waals surface area contributed by atoms with Crippen molar-refractivity contribution in [2.75, 3.05) is 26.2 Å². The van der Waals surface area contributed by atoms with Crippen LogP contribution in [-0.2, 0) is 6.54 Å². The van der Waals surface area contributed by atoms with Gasteiger partial charge in [-0.05, 0) is 18.2 Å². The van der Waals surface area contributed by atoms with Crippen LogP contribution in [0, 0.1) is 0 Å². The third-order valence-electron chi connectivity index (χ3n) is 5.81. The predicted octanol–water partition coefficient (Wildman–Crippen LogP) is 3.04. The Morgan fingerprint density at radius 1 is 0.933 bits per heavy atom. The smallest absolute Gasteiger partial charge is 0.254 e. The van der Waals surface area contributed by atoms with Gasteiger partial charge in [0.05, 0.1) is 31.6 Å². The fraction of sp³-hybridized carbons (Fsp3) is 0.200. The van der Waals surface area contributed by atoms with Gasteiger partial charge < -0.3 is 14.3 Å². The molecule has 1 aliphatic heterocycles. The fourth-order valence-electron chi connectivity index (χ4n) is 4.14. The van der Waals surface area contributed by atoms with E-state index in [1.807, 2.05) is 59.5 Å². The zero-order chi connectivity index (χ0) is 20.3. The van der Waals surface area contributed by atoms with E-state index in [-0.39, 0.29) is 5.91 Å². The van der Waals surface area contributed by atoms with Gasteiger partial charge in [-0.3, -0.25) is 4.79 Å². The van der Waals surface area contributed by atoms with Crippen molar-refractivity contribution < 1.29 is 14.2 Å². The van der Waals surface area contributed by atoms with Crippen LogP contribution in [0.2, 0.25) is 0 Å². The molecule has 3 aromatic carbocycles. The average Bonchev–Trinajstić information content (AvgIpc) is 3.24. The van der Waals surface area contributed by atoms with Gasteiger partial charge in [0.1, 0.15) is 12.1 Å². The Balaban J connectivity index is 1.31. The van der Waals surface area contributed by atoms with Crippen molar-refractivity contribution in [1.82, 2.24) is 10.1 Å².